The first kappa shape index (κ1) is 13.2. The van der Waals surface area contributed by atoms with E-state index in [9.17, 15) is 0 Å². The first-order chi connectivity index (χ1) is 9.31. The molecule has 1 atom stereocenters. The summed E-state index contributed by atoms with van der Waals surface area (Å²) < 4.78 is 11.4. The van der Waals surface area contributed by atoms with E-state index in [1.54, 1.807) is 0 Å². The zero-order valence-electron chi connectivity index (χ0n) is 11.7. The second-order valence-corrected chi connectivity index (χ2v) is 5.79. The second-order valence-electron chi connectivity index (χ2n) is 5.79. The van der Waals surface area contributed by atoms with Gasteiger partial charge in [0.05, 0.1) is 18.9 Å². The normalized spacial score (nSPS) is 25.4. The summed E-state index contributed by atoms with van der Waals surface area (Å²) in [6.45, 7) is 6.97. The molecule has 2 heterocycles. The largest absolute Gasteiger partial charge is 0.468 e. The number of ether oxygens (including phenoxy) is 1. The molecular formula is C15H24N2O2. The second kappa shape index (κ2) is 6.07. The van der Waals surface area contributed by atoms with E-state index in [1.807, 2.05) is 6.26 Å². The van der Waals surface area contributed by atoms with Gasteiger partial charge in [0.25, 0.3) is 0 Å². The van der Waals surface area contributed by atoms with Crippen LogP contribution >= 0.6 is 0 Å². The summed E-state index contributed by atoms with van der Waals surface area (Å²) in [5, 5.41) is 3.55. The highest BCUT2D eigenvalue weighted by Crippen LogP contribution is 2.21. The summed E-state index contributed by atoms with van der Waals surface area (Å²) in [6, 6.07) is 2.84. The number of nitrogens with one attached hydrogen (secondary N) is 1. The summed E-state index contributed by atoms with van der Waals surface area (Å²) in [5.41, 5.74) is 1.31. The maximum Gasteiger partial charge on any atom is 0.122 e. The molecule has 1 N–H and O–H groups in total. The molecule has 2 fully saturated rings. The van der Waals surface area contributed by atoms with Gasteiger partial charge in [-0.2, -0.15) is 0 Å². The summed E-state index contributed by atoms with van der Waals surface area (Å²) in [4.78, 5) is 2.44. The van der Waals surface area contributed by atoms with Gasteiger partial charge < -0.3 is 14.5 Å². The van der Waals surface area contributed by atoms with Crippen LogP contribution in [-0.4, -0.2) is 36.7 Å². The zero-order chi connectivity index (χ0) is 13.1. The molecule has 4 nitrogen and oxygen atoms in total. The molecule has 1 aromatic heterocycles. The Morgan fingerprint density at radius 2 is 2.32 bits per heavy atom. The van der Waals surface area contributed by atoms with Gasteiger partial charge in [-0.25, -0.2) is 0 Å². The lowest BCUT2D eigenvalue weighted by molar-refractivity contribution is 0.0658. The minimum Gasteiger partial charge on any atom is -0.468 e. The molecule has 1 aliphatic heterocycles. The van der Waals surface area contributed by atoms with Crippen molar-refractivity contribution in [3.8, 4) is 0 Å². The molecule has 0 aromatic carbocycles. The lowest BCUT2D eigenvalue weighted by Crippen LogP contribution is -2.30. The Morgan fingerprint density at radius 1 is 1.42 bits per heavy atom. The predicted molar refractivity (Wildman–Crippen MR) is 73.9 cm³/mol. The van der Waals surface area contributed by atoms with Crippen molar-refractivity contribution in [1.82, 2.24) is 10.2 Å². The van der Waals surface area contributed by atoms with Gasteiger partial charge in [-0.05, 0) is 32.3 Å². The van der Waals surface area contributed by atoms with Crippen molar-refractivity contribution in [3.05, 3.63) is 23.7 Å². The van der Waals surface area contributed by atoms with Gasteiger partial charge in [0.1, 0.15) is 5.76 Å². The van der Waals surface area contributed by atoms with E-state index in [4.69, 9.17) is 9.15 Å². The summed E-state index contributed by atoms with van der Waals surface area (Å²) in [5.74, 6) is 1.11. The summed E-state index contributed by atoms with van der Waals surface area (Å²) in [6.07, 6.45) is 5.91. The number of furan rings is 1. The monoisotopic (exact) mass is 264 g/mol. The van der Waals surface area contributed by atoms with Crippen molar-refractivity contribution < 1.29 is 9.15 Å². The minimum absolute atomic E-state index is 0.325. The molecule has 106 valence electrons. The maximum atomic E-state index is 5.69. The van der Waals surface area contributed by atoms with E-state index in [1.165, 1.54) is 18.4 Å². The third kappa shape index (κ3) is 3.81. The fourth-order valence-corrected chi connectivity index (χ4v) is 2.63. The Kier molecular flexibility index (Phi) is 4.21. The van der Waals surface area contributed by atoms with Gasteiger partial charge in [-0.1, -0.05) is 0 Å². The molecule has 0 radical (unpaired) electrons. The van der Waals surface area contributed by atoms with Gasteiger partial charge in [0.2, 0.25) is 0 Å². The zero-order valence-corrected chi connectivity index (χ0v) is 11.7. The third-order valence-electron chi connectivity index (χ3n) is 3.90. The number of hydrogen-bond acceptors (Lipinski definition) is 4. The molecule has 1 aromatic rings. The van der Waals surface area contributed by atoms with Gasteiger partial charge in [0, 0.05) is 37.8 Å². The first-order valence-corrected chi connectivity index (χ1v) is 7.44. The number of nitrogens with zero attached hydrogens (tertiary/aromatic N) is 1. The van der Waals surface area contributed by atoms with E-state index in [-0.39, 0.29) is 0 Å². The van der Waals surface area contributed by atoms with Gasteiger partial charge in [-0.15, -0.1) is 0 Å². The molecule has 1 saturated carbocycles. The van der Waals surface area contributed by atoms with Crippen molar-refractivity contribution in [2.45, 2.75) is 51.4 Å². The van der Waals surface area contributed by atoms with E-state index >= 15 is 0 Å². The van der Waals surface area contributed by atoms with Crippen LogP contribution in [0.1, 0.15) is 37.5 Å². The average molecular weight is 264 g/mol. The Labute approximate surface area is 115 Å². The minimum atomic E-state index is 0.325. The fraction of sp³-hybridized carbons (Fsp3) is 0.733. The van der Waals surface area contributed by atoms with Crippen molar-refractivity contribution in [2.75, 3.05) is 19.7 Å². The van der Waals surface area contributed by atoms with E-state index in [0.717, 1.165) is 51.0 Å². The lowest BCUT2D eigenvalue weighted by atomic mass is 10.2. The number of rotatable bonds is 5. The van der Waals surface area contributed by atoms with E-state index < -0.39 is 0 Å². The van der Waals surface area contributed by atoms with Gasteiger partial charge >= 0.3 is 0 Å². The SMILES string of the molecule is CC1CN(Cc2occc2CNC2CC2)CCCO1. The fourth-order valence-electron chi connectivity index (χ4n) is 2.63. The van der Waals surface area contributed by atoms with E-state index in [2.05, 4.69) is 23.2 Å². The van der Waals surface area contributed by atoms with Crippen LogP contribution in [0.4, 0.5) is 0 Å². The maximum absolute atomic E-state index is 5.69. The van der Waals surface area contributed by atoms with Crippen LogP contribution in [0.25, 0.3) is 0 Å². The molecule has 0 bridgehead atoms. The molecule has 0 amide bonds. The van der Waals surface area contributed by atoms with Crippen LogP contribution in [-0.2, 0) is 17.8 Å². The highest BCUT2D eigenvalue weighted by atomic mass is 16.5. The molecule has 0 spiro atoms. The van der Waals surface area contributed by atoms with Crippen LogP contribution in [0, 0.1) is 0 Å². The quantitative estimate of drug-likeness (QED) is 0.884. The van der Waals surface area contributed by atoms with Crippen LogP contribution in [0.5, 0.6) is 0 Å². The Morgan fingerprint density at radius 3 is 3.16 bits per heavy atom. The Bertz CT molecular complexity index is 401. The van der Waals surface area contributed by atoms with Crippen molar-refractivity contribution in [2.24, 2.45) is 0 Å². The average Bonchev–Trinajstić information content (AvgIpc) is 3.15. The Balaban J connectivity index is 1.56. The smallest absolute Gasteiger partial charge is 0.122 e. The van der Waals surface area contributed by atoms with Crippen molar-refractivity contribution in [1.29, 1.82) is 0 Å². The molecule has 1 saturated heterocycles. The van der Waals surface area contributed by atoms with E-state index in [0.29, 0.717) is 6.10 Å². The van der Waals surface area contributed by atoms with Gasteiger partial charge in [-0.3, -0.25) is 4.90 Å². The summed E-state index contributed by atoms with van der Waals surface area (Å²) >= 11 is 0. The molecule has 4 heteroatoms. The van der Waals surface area contributed by atoms with Gasteiger partial charge in [0.15, 0.2) is 0 Å². The highest BCUT2D eigenvalue weighted by molar-refractivity contribution is 5.17. The van der Waals surface area contributed by atoms with Crippen molar-refractivity contribution >= 4 is 0 Å². The third-order valence-corrected chi connectivity index (χ3v) is 3.90. The standard InChI is InChI=1S/C15H24N2O2/c1-12-10-17(6-2-7-18-12)11-15-13(5-8-19-15)9-16-14-3-4-14/h5,8,12,14,16H,2-4,6-7,9-11H2,1H3. The van der Waals surface area contributed by atoms with Crippen LogP contribution < -0.4 is 5.32 Å². The topological polar surface area (TPSA) is 37.6 Å². The molecule has 3 rings (SSSR count). The predicted octanol–water partition coefficient (Wildman–Crippen LogP) is 2.14. The lowest BCUT2D eigenvalue weighted by Gasteiger charge is -2.21. The molecular weight excluding hydrogens is 240 g/mol. The molecule has 2 aliphatic rings. The highest BCUT2D eigenvalue weighted by Gasteiger charge is 2.22. The Hall–Kier alpha value is -0.840. The van der Waals surface area contributed by atoms with Crippen LogP contribution in [0.15, 0.2) is 16.7 Å². The molecule has 19 heavy (non-hydrogen) atoms. The molecule has 1 unspecified atom stereocenters. The van der Waals surface area contributed by atoms with Crippen LogP contribution in [0.2, 0.25) is 0 Å². The van der Waals surface area contributed by atoms with Crippen molar-refractivity contribution in [3.63, 3.8) is 0 Å². The van der Waals surface area contributed by atoms with Crippen LogP contribution in [0.3, 0.4) is 0 Å². The molecule has 1 aliphatic carbocycles. The first-order valence-electron chi connectivity index (χ1n) is 7.44. The number of hydrogen-bond donors (Lipinski definition) is 1. The summed E-state index contributed by atoms with van der Waals surface area (Å²) in [7, 11) is 0.